The van der Waals surface area contributed by atoms with E-state index >= 15 is 0 Å². The number of nitrogens with zero attached hydrogens (tertiary/aromatic N) is 2. The first-order chi connectivity index (χ1) is 7.75. The molecule has 0 spiro atoms. The Morgan fingerprint density at radius 2 is 2.06 bits per heavy atom. The quantitative estimate of drug-likeness (QED) is 0.912. The van der Waals surface area contributed by atoms with Gasteiger partial charge in [-0.15, -0.1) is 0 Å². The molecule has 1 N–H and O–H groups in total. The average Bonchev–Trinajstić information content (AvgIpc) is 2.29. The van der Waals surface area contributed by atoms with Crippen LogP contribution in [0.15, 0.2) is 36.7 Å². The minimum Gasteiger partial charge on any atom is -0.363 e. The van der Waals surface area contributed by atoms with Gasteiger partial charge in [-0.1, -0.05) is 29.3 Å². The molecule has 0 amide bonds. The van der Waals surface area contributed by atoms with Gasteiger partial charge in [-0.25, -0.2) is 4.98 Å². The molecule has 0 unspecified atom stereocenters. The van der Waals surface area contributed by atoms with E-state index in [2.05, 4.69) is 15.3 Å². The SMILES string of the molecule is Clc1cnc(NCc2ccccn2)c(Cl)c1. The summed E-state index contributed by atoms with van der Waals surface area (Å²) in [6.07, 6.45) is 3.29. The Hall–Kier alpha value is -1.32. The van der Waals surface area contributed by atoms with Crippen LogP contribution in [0.5, 0.6) is 0 Å². The normalized spacial score (nSPS) is 10.1. The fourth-order valence-corrected chi connectivity index (χ4v) is 1.67. The lowest BCUT2D eigenvalue weighted by molar-refractivity contribution is 1.03. The van der Waals surface area contributed by atoms with E-state index in [0.717, 1.165) is 5.69 Å². The third-order valence-corrected chi connectivity index (χ3v) is 2.47. The van der Waals surface area contributed by atoms with Crippen LogP contribution in [-0.2, 0) is 6.54 Å². The maximum absolute atomic E-state index is 5.97. The summed E-state index contributed by atoms with van der Waals surface area (Å²) in [6.45, 7) is 0.579. The van der Waals surface area contributed by atoms with E-state index in [1.54, 1.807) is 18.5 Å². The Labute approximate surface area is 103 Å². The molecule has 0 saturated heterocycles. The van der Waals surface area contributed by atoms with Gasteiger partial charge in [0.25, 0.3) is 0 Å². The van der Waals surface area contributed by atoms with Crippen LogP contribution < -0.4 is 5.32 Å². The van der Waals surface area contributed by atoms with Crippen LogP contribution in [0.1, 0.15) is 5.69 Å². The van der Waals surface area contributed by atoms with E-state index < -0.39 is 0 Å². The molecule has 16 heavy (non-hydrogen) atoms. The topological polar surface area (TPSA) is 37.8 Å². The highest BCUT2D eigenvalue weighted by molar-refractivity contribution is 6.35. The fourth-order valence-electron chi connectivity index (χ4n) is 1.22. The second-order valence-corrected chi connectivity index (χ2v) is 4.00. The first-order valence-corrected chi connectivity index (χ1v) is 5.46. The van der Waals surface area contributed by atoms with Crippen molar-refractivity contribution in [1.82, 2.24) is 9.97 Å². The van der Waals surface area contributed by atoms with Crippen LogP contribution >= 0.6 is 23.2 Å². The molecule has 0 aliphatic carbocycles. The third-order valence-electron chi connectivity index (χ3n) is 1.97. The number of hydrogen-bond donors (Lipinski definition) is 1. The van der Waals surface area contributed by atoms with Crippen molar-refractivity contribution < 1.29 is 0 Å². The van der Waals surface area contributed by atoms with Gasteiger partial charge in [0.15, 0.2) is 0 Å². The highest BCUT2D eigenvalue weighted by Crippen LogP contribution is 2.22. The Bertz CT molecular complexity index is 474. The lowest BCUT2D eigenvalue weighted by atomic mass is 10.3. The van der Waals surface area contributed by atoms with Crippen molar-refractivity contribution in [3.05, 3.63) is 52.4 Å². The first-order valence-electron chi connectivity index (χ1n) is 4.70. The van der Waals surface area contributed by atoms with Crippen LogP contribution in [-0.4, -0.2) is 9.97 Å². The summed E-state index contributed by atoms with van der Waals surface area (Å²) in [7, 11) is 0. The summed E-state index contributed by atoms with van der Waals surface area (Å²) in [5, 5.41) is 4.12. The summed E-state index contributed by atoms with van der Waals surface area (Å²) in [5.41, 5.74) is 0.926. The van der Waals surface area contributed by atoms with Gasteiger partial charge >= 0.3 is 0 Å². The van der Waals surface area contributed by atoms with Gasteiger partial charge in [0.05, 0.1) is 22.3 Å². The number of hydrogen-bond acceptors (Lipinski definition) is 3. The van der Waals surface area contributed by atoms with Crippen molar-refractivity contribution in [2.75, 3.05) is 5.32 Å². The predicted octanol–water partition coefficient (Wildman–Crippen LogP) is 3.40. The summed E-state index contributed by atoms with van der Waals surface area (Å²) in [6, 6.07) is 7.38. The summed E-state index contributed by atoms with van der Waals surface area (Å²) in [4.78, 5) is 8.27. The Morgan fingerprint density at radius 3 is 2.75 bits per heavy atom. The molecule has 0 bridgehead atoms. The molecule has 2 rings (SSSR count). The van der Waals surface area contributed by atoms with Crippen LogP contribution in [0.4, 0.5) is 5.82 Å². The van der Waals surface area contributed by atoms with Gasteiger partial charge in [0, 0.05) is 12.4 Å². The maximum Gasteiger partial charge on any atom is 0.145 e. The zero-order valence-electron chi connectivity index (χ0n) is 8.32. The van der Waals surface area contributed by atoms with E-state index in [4.69, 9.17) is 23.2 Å². The van der Waals surface area contributed by atoms with Crippen molar-refractivity contribution in [3.8, 4) is 0 Å². The van der Waals surface area contributed by atoms with Crippen molar-refractivity contribution in [2.45, 2.75) is 6.54 Å². The predicted molar refractivity (Wildman–Crippen MR) is 65.8 cm³/mol. The molecule has 82 valence electrons. The van der Waals surface area contributed by atoms with E-state index in [0.29, 0.717) is 22.4 Å². The number of nitrogens with one attached hydrogen (secondary N) is 1. The van der Waals surface area contributed by atoms with Crippen LogP contribution in [0.25, 0.3) is 0 Å². The second-order valence-electron chi connectivity index (χ2n) is 3.16. The molecule has 5 heteroatoms. The second kappa shape index (κ2) is 5.14. The van der Waals surface area contributed by atoms with E-state index in [1.165, 1.54) is 0 Å². The molecule has 0 aliphatic rings. The summed E-state index contributed by atoms with van der Waals surface area (Å²) >= 11 is 11.7. The average molecular weight is 254 g/mol. The number of anilines is 1. The Balaban J connectivity index is 2.05. The van der Waals surface area contributed by atoms with Crippen molar-refractivity contribution >= 4 is 29.0 Å². The number of pyridine rings is 2. The monoisotopic (exact) mass is 253 g/mol. The van der Waals surface area contributed by atoms with E-state index in [1.807, 2.05) is 18.2 Å². The van der Waals surface area contributed by atoms with Gasteiger partial charge in [0.1, 0.15) is 5.82 Å². The van der Waals surface area contributed by atoms with E-state index in [9.17, 15) is 0 Å². The molecule has 0 atom stereocenters. The maximum atomic E-state index is 5.97. The zero-order valence-corrected chi connectivity index (χ0v) is 9.83. The Kier molecular flexibility index (Phi) is 3.59. The zero-order chi connectivity index (χ0) is 11.4. The third kappa shape index (κ3) is 2.84. The van der Waals surface area contributed by atoms with Crippen LogP contribution in [0.3, 0.4) is 0 Å². The fraction of sp³-hybridized carbons (Fsp3) is 0.0909. The molecule has 0 fully saturated rings. The molecule has 2 aromatic rings. The summed E-state index contributed by atoms with van der Waals surface area (Å²) in [5.74, 6) is 0.608. The van der Waals surface area contributed by atoms with Crippen molar-refractivity contribution in [2.24, 2.45) is 0 Å². The van der Waals surface area contributed by atoms with Gasteiger partial charge < -0.3 is 5.32 Å². The molecule has 0 aromatic carbocycles. The van der Waals surface area contributed by atoms with Gasteiger partial charge in [-0.05, 0) is 18.2 Å². The largest absolute Gasteiger partial charge is 0.363 e. The minimum absolute atomic E-state index is 0.503. The number of halogens is 2. The van der Waals surface area contributed by atoms with E-state index in [-0.39, 0.29) is 0 Å². The molecule has 2 aromatic heterocycles. The molecular formula is C11H9Cl2N3. The molecular weight excluding hydrogens is 245 g/mol. The smallest absolute Gasteiger partial charge is 0.145 e. The lowest BCUT2D eigenvalue weighted by Gasteiger charge is -2.06. The molecule has 0 radical (unpaired) electrons. The first kappa shape index (κ1) is 11.2. The van der Waals surface area contributed by atoms with Crippen molar-refractivity contribution in [1.29, 1.82) is 0 Å². The highest BCUT2D eigenvalue weighted by Gasteiger charge is 2.02. The van der Waals surface area contributed by atoms with Gasteiger partial charge in [-0.3, -0.25) is 4.98 Å². The molecule has 0 aliphatic heterocycles. The molecule has 0 saturated carbocycles. The highest BCUT2D eigenvalue weighted by atomic mass is 35.5. The standard InChI is InChI=1S/C11H9Cl2N3/c12-8-5-10(13)11(15-6-8)16-7-9-3-1-2-4-14-9/h1-6H,7H2,(H,15,16). The summed E-state index contributed by atoms with van der Waals surface area (Å²) < 4.78 is 0. The molecule has 3 nitrogen and oxygen atoms in total. The lowest BCUT2D eigenvalue weighted by Crippen LogP contribution is -2.03. The van der Waals surface area contributed by atoms with Gasteiger partial charge in [0.2, 0.25) is 0 Å². The number of aromatic nitrogens is 2. The van der Waals surface area contributed by atoms with Gasteiger partial charge in [-0.2, -0.15) is 0 Å². The molecule has 2 heterocycles. The van der Waals surface area contributed by atoms with Crippen LogP contribution in [0.2, 0.25) is 10.0 Å². The van der Waals surface area contributed by atoms with Crippen LogP contribution in [0, 0.1) is 0 Å². The van der Waals surface area contributed by atoms with Crippen molar-refractivity contribution in [3.63, 3.8) is 0 Å². The number of rotatable bonds is 3. The minimum atomic E-state index is 0.503. The Morgan fingerprint density at radius 1 is 1.19 bits per heavy atom.